The summed E-state index contributed by atoms with van der Waals surface area (Å²) in [5, 5.41) is 0.828. The molecule has 116 valence electrons. The average Bonchev–Trinajstić information content (AvgIpc) is 2.49. The van der Waals surface area contributed by atoms with E-state index in [2.05, 4.69) is 0 Å². The van der Waals surface area contributed by atoms with E-state index in [1.165, 1.54) is 4.57 Å². The Balaban J connectivity index is 2.14. The Morgan fingerprint density at radius 3 is 2.61 bits per heavy atom. The first kappa shape index (κ1) is 15.0. The summed E-state index contributed by atoms with van der Waals surface area (Å²) < 4.78 is 1.24. The molecule has 3 aromatic rings. The molecule has 0 aliphatic carbocycles. The number of hydrogen-bond acceptors (Lipinski definition) is 3. The summed E-state index contributed by atoms with van der Waals surface area (Å²) in [6.07, 6.45) is 0.176. The highest BCUT2D eigenvalue weighted by Crippen LogP contribution is 2.18. The van der Waals surface area contributed by atoms with Gasteiger partial charge in [-0.2, -0.15) is 0 Å². The van der Waals surface area contributed by atoms with Crippen LogP contribution in [0.3, 0.4) is 0 Å². The van der Waals surface area contributed by atoms with Crippen LogP contribution in [-0.2, 0) is 6.42 Å². The van der Waals surface area contributed by atoms with Crippen LogP contribution in [0.25, 0.3) is 10.9 Å². The van der Waals surface area contributed by atoms with E-state index >= 15 is 0 Å². The van der Waals surface area contributed by atoms with Gasteiger partial charge in [0.2, 0.25) is 5.91 Å². The number of fused-ring (bicyclic) bond motifs is 1. The zero-order valence-electron chi connectivity index (χ0n) is 13.2. The Morgan fingerprint density at radius 1 is 1.09 bits per heavy atom. The molecular weight excluding hydrogens is 288 g/mol. The standard InChI is InChI=1S/C19H18N2O2/c1-12-4-3-5-14(8-12)10-18(22)21-17-11-16(20)7-6-15(17)9-13(2)19(21)23/h3-9,11H,10,20H2,1-2H3. The fraction of sp³-hybridized carbons (Fsp3) is 0.158. The van der Waals surface area contributed by atoms with E-state index in [-0.39, 0.29) is 17.9 Å². The number of carbonyl (C=O) groups excluding carboxylic acids is 1. The number of rotatable bonds is 2. The number of nitrogen functional groups attached to an aromatic ring is 1. The number of anilines is 1. The highest BCUT2D eigenvalue weighted by atomic mass is 16.2. The van der Waals surface area contributed by atoms with E-state index < -0.39 is 0 Å². The second-order valence-corrected chi connectivity index (χ2v) is 5.85. The van der Waals surface area contributed by atoms with Gasteiger partial charge in [0.25, 0.3) is 5.56 Å². The van der Waals surface area contributed by atoms with Crippen LogP contribution in [0.5, 0.6) is 0 Å². The maximum absolute atomic E-state index is 12.7. The van der Waals surface area contributed by atoms with Crippen molar-refractivity contribution in [1.82, 2.24) is 4.57 Å². The van der Waals surface area contributed by atoms with Crippen LogP contribution in [0, 0.1) is 13.8 Å². The molecule has 0 unspecified atom stereocenters. The Kier molecular flexibility index (Phi) is 3.74. The van der Waals surface area contributed by atoms with Crippen molar-refractivity contribution < 1.29 is 4.79 Å². The monoisotopic (exact) mass is 306 g/mol. The smallest absolute Gasteiger partial charge is 0.260 e. The van der Waals surface area contributed by atoms with Crippen molar-refractivity contribution in [2.45, 2.75) is 20.3 Å². The van der Waals surface area contributed by atoms with Crippen LogP contribution >= 0.6 is 0 Å². The summed E-state index contributed by atoms with van der Waals surface area (Å²) in [5.41, 5.74) is 9.13. The van der Waals surface area contributed by atoms with Crippen LogP contribution in [0.1, 0.15) is 21.5 Å². The second kappa shape index (κ2) is 5.72. The van der Waals surface area contributed by atoms with Gasteiger partial charge in [0, 0.05) is 11.3 Å². The van der Waals surface area contributed by atoms with Crippen molar-refractivity contribution in [1.29, 1.82) is 0 Å². The first-order chi connectivity index (χ1) is 11.0. The van der Waals surface area contributed by atoms with Gasteiger partial charge in [0.1, 0.15) is 0 Å². The molecule has 3 rings (SSSR count). The predicted molar refractivity (Wildman–Crippen MR) is 92.9 cm³/mol. The summed E-state index contributed by atoms with van der Waals surface area (Å²) in [5.74, 6) is -0.250. The van der Waals surface area contributed by atoms with E-state index in [1.54, 1.807) is 25.1 Å². The van der Waals surface area contributed by atoms with E-state index in [4.69, 9.17) is 5.73 Å². The predicted octanol–water partition coefficient (Wildman–Crippen LogP) is 3.08. The minimum absolute atomic E-state index is 0.176. The lowest BCUT2D eigenvalue weighted by atomic mass is 10.1. The van der Waals surface area contributed by atoms with Crippen molar-refractivity contribution >= 4 is 22.5 Å². The highest BCUT2D eigenvalue weighted by Gasteiger charge is 2.14. The number of hydrogen-bond donors (Lipinski definition) is 1. The van der Waals surface area contributed by atoms with Gasteiger partial charge in [-0.3, -0.25) is 9.59 Å². The van der Waals surface area contributed by atoms with Gasteiger partial charge in [0.05, 0.1) is 11.9 Å². The molecule has 4 nitrogen and oxygen atoms in total. The molecule has 0 spiro atoms. The molecule has 0 radical (unpaired) electrons. The topological polar surface area (TPSA) is 65.1 Å². The molecule has 0 fully saturated rings. The molecule has 0 saturated carbocycles. The second-order valence-electron chi connectivity index (χ2n) is 5.85. The van der Waals surface area contributed by atoms with Gasteiger partial charge in [-0.1, -0.05) is 35.9 Å². The minimum atomic E-state index is -0.291. The first-order valence-corrected chi connectivity index (χ1v) is 7.46. The Morgan fingerprint density at radius 2 is 1.87 bits per heavy atom. The fourth-order valence-corrected chi connectivity index (χ4v) is 2.78. The van der Waals surface area contributed by atoms with E-state index in [1.807, 2.05) is 37.3 Å². The number of nitrogens with zero attached hydrogens (tertiary/aromatic N) is 1. The van der Waals surface area contributed by atoms with Crippen LogP contribution in [-0.4, -0.2) is 10.5 Å². The lowest BCUT2D eigenvalue weighted by molar-refractivity contribution is 0.0915. The minimum Gasteiger partial charge on any atom is -0.399 e. The number of benzene rings is 2. The Labute approximate surface area is 134 Å². The molecule has 23 heavy (non-hydrogen) atoms. The largest absolute Gasteiger partial charge is 0.399 e. The molecule has 0 atom stereocenters. The van der Waals surface area contributed by atoms with Crippen LogP contribution < -0.4 is 11.3 Å². The summed E-state index contributed by atoms with van der Waals surface area (Å²) in [6, 6.07) is 14.8. The zero-order chi connectivity index (χ0) is 16.6. The number of aryl methyl sites for hydroxylation is 2. The van der Waals surface area contributed by atoms with Crippen LogP contribution in [0.2, 0.25) is 0 Å². The number of aromatic nitrogens is 1. The third kappa shape index (κ3) is 2.88. The summed E-state index contributed by atoms with van der Waals surface area (Å²) in [6.45, 7) is 3.69. The molecule has 2 N–H and O–H groups in total. The quantitative estimate of drug-likeness (QED) is 0.740. The van der Waals surface area contributed by atoms with E-state index in [9.17, 15) is 9.59 Å². The molecule has 2 aromatic carbocycles. The zero-order valence-corrected chi connectivity index (χ0v) is 13.2. The first-order valence-electron chi connectivity index (χ1n) is 7.46. The van der Waals surface area contributed by atoms with Crippen LogP contribution in [0.15, 0.2) is 53.3 Å². The molecular formula is C19H18N2O2. The summed E-state index contributed by atoms with van der Waals surface area (Å²) >= 11 is 0. The molecule has 1 aromatic heterocycles. The third-order valence-electron chi connectivity index (χ3n) is 3.90. The maximum Gasteiger partial charge on any atom is 0.260 e. The fourth-order valence-electron chi connectivity index (χ4n) is 2.78. The molecule has 0 saturated heterocycles. The Bertz CT molecular complexity index is 971. The summed E-state index contributed by atoms with van der Waals surface area (Å²) in [7, 11) is 0. The normalized spacial score (nSPS) is 10.9. The van der Waals surface area contributed by atoms with Crippen molar-refractivity contribution in [3.05, 3.63) is 75.6 Å². The molecule has 1 heterocycles. The van der Waals surface area contributed by atoms with Crippen molar-refractivity contribution in [3.8, 4) is 0 Å². The highest BCUT2D eigenvalue weighted by molar-refractivity contribution is 5.93. The lowest BCUT2D eigenvalue weighted by Gasteiger charge is -2.11. The third-order valence-corrected chi connectivity index (χ3v) is 3.90. The van der Waals surface area contributed by atoms with E-state index in [0.29, 0.717) is 16.8 Å². The molecule has 0 bridgehead atoms. The number of nitrogens with two attached hydrogens (primary N) is 1. The number of pyridine rings is 1. The number of carbonyl (C=O) groups is 1. The van der Waals surface area contributed by atoms with Crippen LogP contribution in [0.4, 0.5) is 5.69 Å². The van der Waals surface area contributed by atoms with Crippen molar-refractivity contribution in [3.63, 3.8) is 0 Å². The molecule has 0 aliphatic heterocycles. The average molecular weight is 306 g/mol. The van der Waals surface area contributed by atoms with Gasteiger partial charge >= 0.3 is 0 Å². The molecule has 4 heteroatoms. The van der Waals surface area contributed by atoms with Gasteiger partial charge < -0.3 is 5.73 Å². The SMILES string of the molecule is Cc1cccc(CC(=O)n2c(=O)c(C)cc3ccc(N)cc32)c1. The molecule has 0 amide bonds. The van der Waals surface area contributed by atoms with Gasteiger partial charge in [-0.25, -0.2) is 4.57 Å². The Hall–Kier alpha value is -2.88. The lowest BCUT2D eigenvalue weighted by Crippen LogP contribution is -2.29. The molecule has 0 aliphatic rings. The van der Waals surface area contributed by atoms with Gasteiger partial charge in [-0.05, 0) is 43.0 Å². The van der Waals surface area contributed by atoms with Gasteiger partial charge in [-0.15, -0.1) is 0 Å². The van der Waals surface area contributed by atoms with Crippen molar-refractivity contribution in [2.24, 2.45) is 0 Å². The van der Waals surface area contributed by atoms with Crippen molar-refractivity contribution in [2.75, 3.05) is 5.73 Å². The van der Waals surface area contributed by atoms with Gasteiger partial charge in [0.15, 0.2) is 0 Å². The summed E-state index contributed by atoms with van der Waals surface area (Å²) in [4.78, 5) is 25.2. The maximum atomic E-state index is 12.7. The van der Waals surface area contributed by atoms with E-state index in [0.717, 1.165) is 16.5 Å².